The van der Waals surface area contributed by atoms with Gasteiger partial charge >= 0.3 is 5.97 Å². The van der Waals surface area contributed by atoms with Crippen molar-refractivity contribution in [3.05, 3.63) is 28.8 Å². The quantitative estimate of drug-likeness (QED) is 0.833. The summed E-state index contributed by atoms with van der Waals surface area (Å²) in [6, 6.07) is 3.56. The monoisotopic (exact) mass is 326 g/mol. The average molecular weight is 327 g/mol. The number of halogens is 1. The Morgan fingerprint density at radius 1 is 1.32 bits per heavy atom. The second-order valence-corrected chi connectivity index (χ2v) is 5.65. The Kier molecular flexibility index (Phi) is 6.38. The molecule has 1 aromatic rings. The molecule has 1 amide bonds. The maximum absolute atomic E-state index is 12.2. The third kappa shape index (κ3) is 3.78. The van der Waals surface area contributed by atoms with Crippen molar-refractivity contribution < 1.29 is 14.3 Å². The minimum atomic E-state index is -0.386. The molecule has 0 bridgehead atoms. The fourth-order valence-electron chi connectivity index (χ4n) is 2.39. The smallest absolute Gasteiger partial charge is 0.338 e. The molecule has 6 heteroatoms. The summed E-state index contributed by atoms with van der Waals surface area (Å²) in [5.41, 5.74) is 2.95. The van der Waals surface area contributed by atoms with E-state index in [1.807, 2.05) is 26.8 Å². The standard InChI is InChI=1S/C16H22N2O3.ClH/c1-9-5-13(6-14(10(9)2)16(20)21-4)18-15(19)11(3)12-7-17-8-12;/h5-6,11-12,17H,7-8H2,1-4H3,(H,18,19);1H. The van der Waals surface area contributed by atoms with Crippen molar-refractivity contribution in [3.8, 4) is 0 Å². The van der Waals surface area contributed by atoms with Gasteiger partial charge in [0.1, 0.15) is 0 Å². The van der Waals surface area contributed by atoms with Crippen LogP contribution >= 0.6 is 12.4 Å². The maximum atomic E-state index is 12.2. The third-order valence-electron chi connectivity index (χ3n) is 4.27. The summed E-state index contributed by atoms with van der Waals surface area (Å²) in [4.78, 5) is 24.0. The van der Waals surface area contributed by atoms with Gasteiger partial charge in [0.2, 0.25) is 5.91 Å². The average Bonchev–Trinajstić information content (AvgIpc) is 2.39. The van der Waals surface area contributed by atoms with E-state index >= 15 is 0 Å². The highest BCUT2D eigenvalue weighted by atomic mass is 35.5. The van der Waals surface area contributed by atoms with E-state index in [9.17, 15) is 9.59 Å². The van der Waals surface area contributed by atoms with Crippen LogP contribution in [0.2, 0.25) is 0 Å². The maximum Gasteiger partial charge on any atom is 0.338 e. The number of ether oxygens (including phenoxy) is 1. The SMILES string of the molecule is COC(=O)c1cc(NC(=O)C(C)C2CNC2)cc(C)c1C.Cl. The third-order valence-corrected chi connectivity index (χ3v) is 4.27. The minimum Gasteiger partial charge on any atom is -0.465 e. The predicted molar refractivity (Wildman–Crippen MR) is 88.7 cm³/mol. The summed E-state index contributed by atoms with van der Waals surface area (Å²) in [6.45, 7) is 7.49. The molecule has 1 unspecified atom stereocenters. The van der Waals surface area contributed by atoms with Crippen LogP contribution in [0.1, 0.15) is 28.4 Å². The Morgan fingerprint density at radius 2 is 1.95 bits per heavy atom. The van der Waals surface area contributed by atoms with E-state index in [1.165, 1.54) is 7.11 Å². The van der Waals surface area contributed by atoms with E-state index in [0.717, 1.165) is 24.2 Å². The highest BCUT2D eigenvalue weighted by molar-refractivity contribution is 5.96. The first-order valence-electron chi connectivity index (χ1n) is 7.15. The molecule has 1 heterocycles. The second-order valence-electron chi connectivity index (χ2n) is 5.65. The van der Waals surface area contributed by atoms with Crippen LogP contribution in [0.5, 0.6) is 0 Å². The number of carbonyl (C=O) groups excluding carboxylic acids is 2. The number of aryl methyl sites for hydroxylation is 1. The molecule has 122 valence electrons. The number of benzene rings is 1. The van der Waals surface area contributed by atoms with Gasteiger partial charge in [0.25, 0.3) is 0 Å². The Morgan fingerprint density at radius 3 is 2.45 bits per heavy atom. The first-order valence-corrected chi connectivity index (χ1v) is 7.15. The van der Waals surface area contributed by atoms with E-state index in [2.05, 4.69) is 10.6 Å². The molecular weight excluding hydrogens is 304 g/mol. The molecule has 1 fully saturated rings. The molecule has 0 aromatic heterocycles. The summed E-state index contributed by atoms with van der Waals surface area (Å²) in [7, 11) is 1.36. The molecule has 1 saturated heterocycles. The summed E-state index contributed by atoms with van der Waals surface area (Å²) < 4.78 is 4.78. The molecule has 1 aliphatic rings. The summed E-state index contributed by atoms with van der Waals surface area (Å²) >= 11 is 0. The minimum absolute atomic E-state index is 0. The van der Waals surface area contributed by atoms with E-state index in [1.54, 1.807) is 6.07 Å². The fourth-order valence-corrected chi connectivity index (χ4v) is 2.39. The number of anilines is 1. The summed E-state index contributed by atoms with van der Waals surface area (Å²) in [5.74, 6) is -0.0606. The number of rotatable bonds is 4. The number of hydrogen-bond donors (Lipinski definition) is 2. The van der Waals surface area contributed by atoms with Gasteiger partial charge in [-0.05, 0) is 56.1 Å². The fraction of sp³-hybridized carbons (Fsp3) is 0.500. The Bertz CT molecular complexity index is 571. The van der Waals surface area contributed by atoms with Crippen molar-refractivity contribution in [2.75, 3.05) is 25.5 Å². The van der Waals surface area contributed by atoms with Gasteiger partial charge in [-0.2, -0.15) is 0 Å². The Labute approximate surface area is 137 Å². The molecule has 1 atom stereocenters. The summed E-state index contributed by atoms with van der Waals surface area (Å²) in [5, 5.41) is 6.07. The Hall–Kier alpha value is -1.59. The lowest BCUT2D eigenvalue weighted by Gasteiger charge is -2.31. The molecule has 1 aromatic carbocycles. The van der Waals surface area contributed by atoms with Crippen molar-refractivity contribution in [2.24, 2.45) is 11.8 Å². The van der Waals surface area contributed by atoms with Crippen molar-refractivity contribution >= 4 is 30.0 Å². The van der Waals surface area contributed by atoms with Crippen molar-refractivity contribution in [2.45, 2.75) is 20.8 Å². The number of carbonyl (C=O) groups is 2. The summed E-state index contributed by atoms with van der Waals surface area (Å²) in [6.07, 6.45) is 0. The molecule has 0 aliphatic carbocycles. The van der Waals surface area contributed by atoms with E-state index in [4.69, 9.17) is 4.74 Å². The van der Waals surface area contributed by atoms with Crippen molar-refractivity contribution in [3.63, 3.8) is 0 Å². The Balaban J connectivity index is 0.00000242. The lowest BCUT2D eigenvalue weighted by molar-refractivity contribution is -0.121. The van der Waals surface area contributed by atoms with Gasteiger partial charge in [-0.3, -0.25) is 4.79 Å². The van der Waals surface area contributed by atoms with Gasteiger partial charge < -0.3 is 15.4 Å². The molecule has 1 aliphatic heterocycles. The number of amides is 1. The van der Waals surface area contributed by atoms with Crippen molar-refractivity contribution in [1.82, 2.24) is 5.32 Å². The molecule has 0 radical (unpaired) electrons. The molecular formula is C16H23ClN2O3. The predicted octanol–water partition coefficient (Wildman–Crippen LogP) is 2.31. The van der Waals surface area contributed by atoms with E-state index in [-0.39, 0.29) is 30.2 Å². The van der Waals surface area contributed by atoms with Gasteiger partial charge in [-0.1, -0.05) is 6.92 Å². The molecule has 5 nitrogen and oxygen atoms in total. The normalized spacial score (nSPS) is 15.3. The van der Waals surface area contributed by atoms with Crippen LogP contribution in [0.4, 0.5) is 5.69 Å². The van der Waals surface area contributed by atoms with Gasteiger partial charge in [-0.25, -0.2) is 4.79 Å². The zero-order chi connectivity index (χ0) is 15.6. The van der Waals surface area contributed by atoms with Crippen LogP contribution in [-0.4, -0.2) is 32.1 Å². The zero-order valence-corrected chi connectivity index (χ0v) is 14.2. The van der Waals surface area contributed by atoms with Gasteiger partial charge in [0.15, 0.2) is 0 Å². The van der Waals surface area contributed by atoms with Crippen LogP contribution in [-0.2, 0) is 9.53 Å². The molecule has 22 heavy (non-hydrogen) atoms. The number of hydrogen-bond acceptors (Lipinski definition) is 4. The van der Waals surface area contributed by atoms with Gasteiger partial charge in [-0.15, -0.1) is 12.4 Å². The molecule has 2 N–H and O–H groups in total. The van der Waals surface area contributed by atoms with E-state index < -0.39 is 0 Å². The highest BCUT2D eigenvalue weighted by Gasteiger charge is 2.28. The largest absolute Gasteiger partial charge is 0.465 e. The van der Waals surface area contributed by atoms with Crippen LogP contribution in [0.15, 0.2) is 12.1 Å². The first kappa shape index (κ1) is 18.5. The van der Waals surface area contributed by atoms with Gasteiger partial charge in [0, 0.05) is 11.6 Å². The number of esters is 1. The number of nitrogens with one attached hydrogen (secondary N) is 2. The van der Waals surface area contributed by atoms with Crippen LogP contribution in [0.25, 0.3) is 0 Å². The van der Waals surface area contributed by atoms with Gasteiger partial charge in [0.05, 0.1) is 12.7 Å². The lowest BCUT2D eigenvalue weighted by Crippen LogP contribution is -2.48. The van der Waals surface area contributed by atoms with Crippen molar-refractivity contribution in [1.29, 1.82) is 0 Å². The first-order chi connectivity index (χ1) is 9.93. The highest BCUT2D eigenvalue weighted by Crippen LogP contribution is 2.23. The van der Waals surface area contributed by atoms with E-state index in [0.29, 0.717) is 17.2 Å². The van der Waals surface area contributed by atoms with Crippen LogP contribution in [0.3, 0.4) is 0 Å². The van der Waals surface area contributed by atoms with Crippen LogP contribution in [0, 0.1) is 25.7 Å². The number of methoxy groups -OCH3 is 1. The second kappa shape index (κ2) is 7.61. The molecule has 2 rings (SSSR count). The molecule has 0 saturated carbocycles. The zero-order valence-electron chi connectivity index (χ0n) is 13.4. The molecule has 0 spiro atoms. The topological polar surface area (TPSA) is 67.4 Å². The lowest BCUT2D eigenvalue weighted by atomic mass is 9.88. The van der Waals surface area contributed by atoms with Crippen LogP contribution < -0.4 is 10.6 Å².